The summed E-state index contributed by atoms with van der Waals surface area (Å²) < 4.78 is 24.1. The first-order valence-corrected chi connectivity index (χ1v) is 12.0. The van der Waals surface area contributed by atoms with Crippen molar-refractivity contribution in [1.29, 1.82) is 0 Å². The number of rotatable bonds is 6. The highest BCUT2D eigenvalue weighted by Gasteiger charge is 2.55. The van der Waals surface area contributed by atoms with Crippen molar-refractivity contribution in [3.63, 3.8) is 0 Å². The molecule has 10 heteroatoms. The molecule has 3 saturated carbocycles. The van der Waals surface area contributed by atoms with Gasteiger partial charge in [0, 0.05) is 28.6 Å². The van der Waals surface area contributed by atoms with Crippen LogP contribution in [0.5, 0.6) is 5.75 Å². The van der Waals surface area contributed by atoms with Crippen LogP contribution in [-0.4, -0.2) is 40.7 Å². The molecule has 0 radical (unpaired) electrons. The molecule has 6 rings (SSSR count). The van der Waals surface area contributed by atoms with Crippen molar-refractivity contribution < 1.29 is 28.2 Å². The number of benzene rings is 2. The topological polar surface area (TPSA) is 118 Å². The fourth-order valence-electron chi connectivity index (χ4n) is 5.22. The van der Waals surface area contributed by atoms with Crippen molar-refractivity contribution in [2.24, 2.45) is 0 Å². The third-order valence-corrected chi connectivity index (χ3v) is 7.54. The van der Waals surface area contributed by atoms with Gasteiger partial charge in [-0.05, 0) is 68.5 Å². The first-order chi connectivity index (χ1) is 17.2. The van der Waals surface area contributed by atoms with Crippen molar-refractivity contribution in [3.8, 4) is 5.75 Å². The van der Waals surface area contributed by atoms with Gasteiger partial charge in [0.1, 0.15) is 17.1 Å². The molecule has 3 aliphatic carbocycles. The summed E-state index contributed by atoms with van der Waals surface area (Å²) in [5, 5.41) is 17.6. The van der Waals surface area contributed by atoms with Gasteiger partial charge >= 0.3 is 5.63 Å². The third-order valence-electron chi connectivity index (χ3n) is 7.23. The average molecular weight is 515 g/mol. The van der Waals surface area contributed by atoms with Gasteiger partial charge in [-0.1, -0.05) is 11.6 Å². The van der Waals surface area contributed by atoms with Crippen LogP contribution in [-0.2, 0) is 4.79 Å². The standard InChI is InChI=1S/C26H24ClFN2O6/c27-18-4-3-17(12-19(18)28)35-14-22(32)29-25-7-9-26(10-8-25,21(31)13-25)30-24(34)16-1-5-20-15(11-16)2-6-23(33)36-20/h1-6,11-12,21,31H,7-10,13-14H2,(H,29,32)(H,30,34)/t21-,25?,26?/m0/s1. The molecule has 188 valence electrons. The molecule has 0 spiro atoms. The quantitative estimate of drug-likeness (QED) is 0.434. The lowest BCUT2D eigenvalue weighted by Gasteiger charge is -2.56. The lowest BCUT2D eigenvalue weighted by Crippen LogP contribution is -2.70. The van der Waals surface area contributed by atoms with Crippen molar-refractivity contribution in [1.82, 2.24) is 10.6 Å². The Balaban J connectivity index is 1.21. The van der Waals surface area contributed by atoms with Crippen LogP contribution in [0.2, 0.25) is 5.02 Å². The Morgan fingerprint density at radius 1 is 1.08 bits per heavy atom. The third kappa shape index (κ3) is 4.68. The van der Waals surface area contributed by atoms with Gasteiger partial charge in [-0.15, -0.1) is 0 Å². The summed E-state index contributed by atoms with van der Waals surface area (Å²) in [6, 6.07) is 11.6. The van der Waals surface area contributed by atoms with E-state index in [1.807, 2.05) is 0 Å². The number of amides is 2. The SMILES string of the molecule is O=C(COc1ccc(Cl)c(F)c1)NC12CCC(NC(=O)c3ccc4oc(=O)ccc4c3)(CC1)[C@@H](O)C2. The summed E-state index contributed by atoms with van der Waals surface area (Å²) in [5.74, 6) is -1.15. The summed E-state index contributed by atoms with van der Waals surface area (Å²) in [6.45, 7) is -0.303. The monoisotopic (exact) mass is 514 g/mol. The summed E-state index contributed by atoms with van der Waals surface area (Å²) in [7, 11) is 0. The highest BCUT2D eigenvalue weighted by atomic mass is 35.5. The molecule has 0 saturated heterocycles. The normalized spacial score (nSPS) is 24.9. The summed E-state index contributed by atoms with van der Waals surface area (Å²) in [4.78, 5) is 37.0. The van der Waals surface area contributed by atoms with Gasteiger partial charge < -0.3 is 24.9 Å². The maximum Gasteiger partial charge on any atom is 0.336 e. The fraction of sp³-hybridized carbons (Fsp3) is 0.346. The molecule has 36 heavy (non-hydrogen) atoms. The smallest absolute Gasteiger partial charge is 0.336 e. The van der Waals surface area contributed by atoms with Gasteiger partial charge in [0.25, 0.3) is 11.8 Å². The molecule has 8 nitrogen and oxygen atoms in total. The predicted molar refractivity (Wildman–Crippen MR) is 130 cm³/mol. The molecular formula is C26H24ClFN2O6. The minimum Gasteiger partial charge on any atom is -0.484 e. The Morgan fingerprint density at radius 2 is 1.86 bits per heavy atom. The van der Waals surface area contributed by atoms with E-state index in [0.29, 0.717) is 42.2 Å². The summed E-state index contributed by atoms with van der Waals surface area (Å²) in [5.41, 5.74) is -1.08. The lowest BCUT2D eigenvalue weighted by atomic mass is 9.60. The molecule has 3 aromatic rings. The number of hydrogen-bond donors (Lipinski definition) is 3. The van der Waals surface area contributed by atoms with Gasteiger partial charge in [-0.3, -0.25) is 9.59 Å². The zero-order valence-electron chi connectivity index (χ0n) is 19.2. The number of halogens is 2. The zero-order valence-corrected chi connectivity index (χ0v) is 19.9. The number of carbonyl (C=O) groups excluding carboxylic acids is 2. The Kier molecular flexibility index (Phi) is 6.22. The van der Waals surface area contributed by atoms with Crippen molar-refractivity contribution >= 4 is 34.4 Å². The van der Waals surface area contributed by atoms with Gasteiger partial charge in [0.15, 0.2) is 6.61 Å². The number of ether oxygens (including phenoxy) is 1. The van der Waals surface area contributed by atoms with Crippen LogP contribution in [0.4, 0.5) is 4.39 Å². The van der Waals surface area contributed by atoms with E-state index < -0.39 is 28.6 Å². The van der Waals surface area contributed by atoms with E-state index in [2.05, 4.69) is 10.6 Å². The second kappa shape index (κ2) is 9.22. The molecule has 3 fully saturated rings. The molecule has 1 aromatic heterocycles. The van der Waals surface area contributed by atoms with Crippen molar-refractivity contribution in [2.45, 2.75) is 49.3 Å². The second-order valence-electron chi connectivity index (χ2n) is 9.53. The zero-order chi connectivity index (χ0) is 25.5. The highest BCUT2D eigenvalue weighted by Crippen LogP contribution is 2.47. The Morgan fingerprint density at radius 3 is 2.58 bits per heavy atom. The van der Waals surface area contributed by atoms with Crippen molar-refractivity contribution in [2.75, 3.05) is 6.61 Å². The van der Waals surface area contributed by atoms with Crippen LogP contribution < -0.4 is 21.0 Å². The lowest BCUT2D eigenvalue weighted by molar-refractivity contribution is -0.129. The van der Waals surface area contributed by atoms with Gasteiger partial charge in [0.05, 0.1) is 16.7 Å². The van der Waals surface area contributed by atoms with Crippen molar-refractivity contribution in [3.05, 3.63) is 75.4 Å². The molecule has 0 aliphatic heterocycles. The molecular weight excluding hydrogens is 491 g/mol. The number of aliphatic hydroxyl groups excluding tert-OH is 1. The van der Waals surface area contributed by atoms with E-state index in [9.17, 15) is 23.9 Å². The number of carbonyl (C=O) groups is 2. The Bertz CT molecular complexity index is 1400. The van der Waals surface area contributed by atoms with E-state index in [-0.39, 0.29) is 35.6 Å². The molecule has 2 amide bonds. The second-order valence-corrected chi connectivity index (χ2v) is 9.94. The van der Waals surface area contributed by atoms with E-state index in [0.717, 1.165) is 6.07 Å². The largest absolute Gasteiger partial charge is 0.484 e. The summed E-state index contributed by atoms with van der Waals surface area (Å²) >= 11 is 5.66. The molecule has 3 aliphatic rings. The minimum atomic E-state index is -0.853. The molecule has 1 heterocycles. The maximum absolute atomic E-state index is 13.6. The number of nitrogens with one attached hydrogen (secondary N) is 2. The van der Waals surface area contributed by atoms with Gasteiger partial charge in [-0.25, -0.2) is 9.18 Å². The average Bonchev–Trinajstić information content (AvgIpc) is 2.85. The Hall–Kier alpha value is -3.43. The van der Waals surface area contributed by atoms with Crippen LogP contribution in [0.3, 0.4) is 0 Å². The van der Waals surface area contributed by atoms with Gasteiger partial charge in [-0.2, -0.15) is 0 Å². The summed E-state index contributed by atoms with van der Waals surface area (Å²) in [6.07, 6.45) is 1.58. The number of fused-ring (bicyclic) bond motifs is 4. The van der Waals surface area contributed by atoms with Crippen LogP contribution in [0, 0.1) is 5.82 Å². The Labute approximate surface area is 210 Å². The minimum absolute atomic E-state index is 0.0337. The van der Waals surface area contributed by atoms with Gasteiger partial charge in [0.2, 0.25) is 0 Å². The molecule has 2 bridgehead atoms. The maximum atomic E-state index is 13.6. The van der Waals surface area contributed by atoms with Crippen LogP contribution >= 0.6 is 11.6 Å². The fourth-order valence-corrected chi connectivity index (χ4v) is 5.34. The van der Waals surface area contributed by atoms with E-state index in [1.165, 1.54) is 18.2 Å². The predicted octanol–water partition coefficient (Wildman–Crippen LogP) is 3.33. The van der Waals surface area contributed by atoms with E-state index >= 15 is 0 Å². The molecule has 2 aromatic carbocycles. The van der Waals surface area contributed by atoms with E-state index in [1.54, 1.807) is 24.3 Å². The highest BCUT2D eigenvalue weighted by molar-refractivity contribution is 6.30. The van der Waals surface area contributed by atoms with E-state index in [4.69, 9.17) is 20.8 Å². The number of hydrogen-bond acceptors (Lipinski definition) is 6. The van der Waals surface area contributed by atoms with Crippen LogP contribution in [0.15, 0.2) is 57.7 Å². The molecule has 3 N–H and O–H groups in total. The van der Waals surface area contributed by atoms with Crippen LogP contribution in [0.25, 0.3) is 11.0 Å². The first-order valence-electron chi connectivity index (χ1n) is 11.6. The molecule has 0 unspecified atom stereocenters. The molecule has 1 atom stereocenters. The van der Waals surface area contributed by atoms with Crippen LogP contribution in [0.1, 0.15) is 42.5 Å². The number of aliphatic hydroxyl groups is 1. The first kappa shape index (κ1) is 24.3.